The quantitative estimate of drug-likeness (QED) is 0.237. The average molecular weight is 338 g/mol. The van der Waals surface area contributed by atoms with Crippen LogP contribution in [0.3, 0.4) is 0 Å². The van der Waals surface area contributed by atoms with Crippen LogP contribution in [0.4, 0.5) is 0 Å². The second-order valence-electron chi connectivity index (χ2n) is 4.60. The lowest BCUT2D eigenvalue weighted by atomic mass is 9.95. The molecule has 0 saturated carbocycles. The molecule has 8 N–H and O–H groups in total. The molecule has 12 nitrogen and oxygen atoms in total. The first kappa shape index (κ1) is 19.0. The summed E-state index contributed by atoms with van der Waals surface area (Å²) in [5, 5.41) is 70.4. The molecule has 1 saturated heterocycles. The molecular formula is C11H14O12. The number of aromatic hydroxyl groups is 2. The lowest BCUT2D eigenvalue weighted by Crippen LogP contribution is -2.61. The first-order valence-electron chi connectivity index (χ1n) is 6.00. The number of carbonyl (C=O) groups is 1. The number of carboxylic acids is 1. The highest BCUT2D eigenvalue weighted by Crippen LogP contribution is 2.22. The van der Waals surface area contributed by atoms with Crippen LogP contribution in [0.5, 0.6) is 11.5 Å². The zero-order valence-corrected chi connectivity index (χ0v) is 11.2. The van der Waals surface area contributed by atoms with E-state index in [0.29, 0.717) is 0 Å². The van der Waals surface area contributed by atoms with Crippen molar-refractivity contribution in [3.63, 3.8) is 0 Å². The van der Waals surface area contributed by atoms with E-state index in [1.165, 1.54) is 0 Å². The molecule has 6 atom stereocenters. The Morgan fingerprint density at radius 2 is 1.35 bits per heavy atom. The van der Waals surface area contributed by atoms with Gasteiger partial charge in [-0.15, -0.1) is 0 Å². The Labute approximate surface area is 126 Å². The molecule has 1 aliphatic rings. The highest BCUT2D eigenvalue weighted by atomic mass is 16.6. The molecule has 130 valence electrons. The van der Waals surface area contributed by atoms with Gasteiger partial charge in [-0.3, -0.25) is 9.59 Å². The molecule has 0 radical (unpaired) electrons. The number of rotatable bonds is 2. The third-order valence-corrected chi connectivity index (χ3v) is 3.05. The summed E-state index contributed by atoms with van der Waals surface area (Å²) in [6.45, 7) is 0. The van der Waals surface area contributed by atoms with E-state index in [0.717, 1.165) is 0 Å². The van der Waals surface area contributed by atoms with Gasteiger partial charge >= 0.3 is 5.97 Å². The Hall–Kier alpha value is -2.09. The predicted octanol–water partition coefficient (Wildman–Crippen LogP) is -5.07. The van der Waals surface area contributed by atoms with Gasteiger partial charge in [-0.25, -0.2) is 4.79 Å². The lowest BCUT2D eigenvalue weighted by Gasteiger charge is -2.39. The monoisotopic (exact) mass is 338 g/mol. The molecule has 23 heavy (non-hydrogen) atoms. The summed E-state index contributed by atoms with van der Waals surface area (Å²) in [7, 11) is 0. The number of hydrogen-bond donors (Lipinski definition) is 8. The Kier molecular flexibility index (Phi) is 5.76. The number of aliphatic hydroxyl groups excluding tert-OH is 5. The first-order valence-corrected chi connectivity index (χ1v) is 6.00. The van der Waals surface area contributed by atoms with E-state index in [1.807, 2.05) is 0 Å². The molecule has 0 amide bonds. The second kappa shape index (κ2) is 6.99. The fraction of sp³-hybridized carbons (Fsp3) is 0.545. The summed E-state index contributed by atoms with van der Waals surface area (Å²) < 4.78 is 4.47. The van der Waals surface area contributed by atoms with E-state index in [2.05, 4.69) is 4.74 Å². The maximum atomic E-state index is 10.4. The van der Waals surface area contributed by atoms with Crippen molar-refractivity contribution in [3.05, 3.63) is 20.4 Å². The van der Waals surface area contributed by atoms with Crippen molar-refractivity contribution >= 4 is 5.97 Å². The van der Waals surface area contributed by atoms with Gasteiger partial charge in [0.25, 0.3) is 10.9 Å². The SMILES string of the molecule is O=C(O)C(O)[C@H]1O[C@H](O)[C@@H](O)[C@@H](O)[C@@H]1O.O=c1c(O)c(O)c1=O. The highest BCUT2D eigenvalue weighted by molar-refractivity contribution is 5.72. The van der Waals surface area contributed by atoms with Crippen molar-refractivity contribution in [3.8, 4) is 11.5 Å². The molecule has 2 rings (SSSR count). The number of aliphatic carboxylic acids is 1. The topological polar surface area (TPSA) is 222 Å². The van der Waals surface area contributed by atoms with Crippen LogP contribution < -0.4 is 10.9 Å². The van der Waals surface area contributed by atoms with E-state index >= 15 is 0 Å². The summed E-state index contributed by atoms with van der Waals surface area (Å²) >= 11 is 0. The second-order valence-corrected chi connectivity index (χ2v) is 4.60. The number of hydrogen-bond acceptors (Lipinski definition) is 11. The molecule has 0 spiro atoms. The molecule has 12 heteroatoms. The van der Waals surface area contributed by atoms with Crippen LogP contribution in [0.25, 0.3) is 0 Å². The fourth-order valence-corrected chi connectivity index (χ4v) is 1.66. The normalized spacial score (nSPS) is 32.0. The average Bonchev–Trinajstić information content (AvgIpc) is 2.54. The summed E-state index contributed by atoms with van der Waals surface area (Å²) in [6, 6.07) is 0. The largest absolute Gasteiger partial charge is 0.501 e. The predicted molar refractivity (Wildman–Crippen MR) is 67.2 cm³/mol. The van der Waals surface area contributed by atoms with Gasteiger partial charge in [0, 0.05) is 0 Å². The maximum Gasteiger partial charge on any atom is 0.335 e. The molecule has 0 bridgehead atoms. The van der Waals surface area contributed by atoms with Crippen LogP contribution in [-0.4, -0.2) is 83.6 Å². The van der Waals surface area contributed by atoms with Crippen molar-refractivity contribution in [1.29, 1.82) is 0 Å². The van der Waals surface area contributed by atoms with Crippen LogP contribution in [0, 0.1) is 0 Å². The van der Waals surface area contributed by atoms with Gasteiger partial charge in [-0.1, -0.05) is 0 Å². The minimum Gasteiger partial charge on any atom is -0.501 e. The van der Waals surface area contributed by atoms with Crippen molar-refractivity contribution < 1.29 is 50.4 Å². The molecule has 1 unspecified atom stereocenters. The van der Waals surface area contributed by atoms with Gasteiger partial charge in [0.1, 0.15) is 24.4 Å². The minimum atomic E-state index is -2.10. The highest BCUT2D eigenvalue weighted by Gasteiger charge is 2.47. The van der Waals surface area contributed by atoms with Crippen molar-refractivity contribution in [2.45, 2.75) is 36.8 Å². The number of aliphatic hydroxyl groups is 5. The van der Waals surface area contributed by atoms with Crippen LogP contribution in [0.1, 0.15) is 0 Å². The van der Waals surface area contributed by atoms with Gasteiger partial charge in [-0.2, -0.15) is 0 Å². The summed E-state index contributed by atoms with van der Waals surface area (Å²) in [6.07, 6.45) is -11.0. The summed E-state index contributed by atoms with van der Waals surface area (Å²) in [4.78, 5) is 30.3. The van der Waals surface area contributed by atoms with Crippen LogP contribution >= 0.6 is 0 Å². The fourth-order valence-electron chi connectivity index (χ4n) is 1.66. The molecule has 1 fully saturated rings. The number of ether oxygens (including phenoxy) is 1. The number of carboxylic acid groups (broad SMARTS) is 1. The third-order valence-electron chi connectivity index (χ3n) is 3.05. The summed E-state index contributed by atoms with van der Waals surface area (Å²) in [5.74, 6) is -3.32. The lowest BCUT2D eigenvalue weighted by molar-refractivity contribution is -0.295. The van der Waals surface area contributed by atoms with E-state index in [9.17, 15) is 24.6 Å². The van der Waals surface area contributed by atoms with Gasteiger partial charge in [0.15, 0.2) is 12.4 Å². The maximum absolute atomic E-state index is 10.4. The van der Waals surface area contributed by atoms with Gasteiger partial charge in [0.2, 0.25) is 11.5 Å². The zero-order chi connectivity index (χ0) is 18.1. The third kappa shape index (κ3) is 3.64. The molecule has 1 heterocycles. The zero-order valence-electron chi connectivity index (χ0n) is 11.2. The van der Waals surface area contributed by atoms with E-state index in [1.54, 1.807) is 0 Å². The smallest absolute Gasteiger partial charge is 0.335 e. The van der Waals surface area contributed by atoms with Gasteiger partial charge < -0.3 is 45.6 Å². The molecule has 1 aromatic carbocycles. The Morgan fingerprint density at radius 1 is 0.913 bits per heavy atom. The van der Waals surface area contributed by atoms with E-state index in [-0.39, 0.29) is 0 Å². The Morgan fingerprint density at radius 3 is 1.70 bits per heavy atom. The van der Waals surface area contributed by atoms with Gasteiger partial charge in [0.05, 0.1) is 0 Å². The standard InChI is InChI=1S/C7H12O8.C4H2O4/c8-1-2(9)5(4(11)6(12)13)15-7(14)3(1)10;5-1-2(6)4(8)3(1)7/h1-5,7-11,14H,(H,12,13);5-6H/t1-,2-,3-,4?,5-,7-;/m0./s1. The van der Waals surface area contributed by atoms with Crippen molar-refractivity contribution in [1.82, 2.24) is 0 Å². The van der Waals surface area contributed by atoms with Crippen molar-refractivity contribution in [2.24, 2.45) is 0 Å². The van der Waals surface area contributed by atoms with Gasteiger partial charge in [-0.05, 0) is 0 Å². The van der Waals surface area contributed by atoms with Crippen molar-refractivity contribution in [2.75, 3.05) is 0 Å². The molecule has 1 aromatic rings. The molecule has 1 aliphatic heterocycles. The Balaban J connectivity index is 0.000000277. The Bertz CT molecular complexity index is 601. The minimum absolute atomic E-state index is 0.824. The van der Waals surface area contributed by atoms with E-state index in [4.69, 9.17) is 30.6 Å². The van der Waals surface area contributed by atoms with Crippen LogP contribution in [-0.2, 0) is 9.53 Å². The van der Waals surface area contributed by atoms with E-state index < -0.39 is 65.1 Å². The first-order chi connectivity index (χ1) is 10.5. The summed E-state index contributed by atoms with van der Waals surface area (Å²) in [5.41, 5.74) is -2.02. The molecule has 0 aromatic heterocycles. The molecular weight excluding hydrogens is 324 g/mol. The van der Waals surface area contributed by atoms with Crippen LogP contribution in [0.2, 0.25) is 0 Å². The molecule has 0 aliphatic carbocycles. The van der Waals surface area contributed by atoms with Crippen LogP contribution in [0.15, 0.2) is 9.59 Å².